The lowest BCUT2D eigenvalue weighted by molar-refractivity contribution is 0.551. The highest BCUT2D eigenvalue weighted by Crippen LogP contribution is 2.28. The van der Waals surface area contributed by atoms with Crippen molar-refractivity contribution in [2.45, 2.75) is 43.9 Å². The Labute approximate surface area is 109 Å². The van der Waals surface area contributed by atoms with E-state index in [1.807, 2.05) is 6.92 Å². The summed E-state index contributed by atoms with van der Waals surface area (Å²) in [6, 6.07) is 0.147. The Hall–Kier alpha value is 0.220. The molecule has 4 nitrogen and oxygen atoms in total. The van der Waals surface area contributed by atoms with Gasteiger partial charge in [0, 0.05) is 11.3 Å². The van der Waals surface area contributed by atoms with Crippen LogP contribution in [0.15, 0.2) is 0 Å². The predicted octanol–water partition coefficient (Wildman–Crippen LogP) is 1.19. The minimum absolute atomic E-state index is 0.147. The molecule has 0 heterocycles. The molecule has 1 aliphatic carbocycles. The van der Waals surface area contributed by atoms with Gasteiger partial charge in [-0.25, -0.2) is 13.1 Å². The summed E-state index contributed by atoms with van der Waals surface area (Å²) in [7, 11) is -3.09. The molecule has 17 heavy (non-hydrogen) atoms. The van der Waals surface area contributed by atoms with Crippen LogP contribution in [-0.4, -0.2) is 44.8 Å². The lowest BCUT2D eigenvalue weighted by atomic mass is 10.3. The Kier molecular flexibility index (Phi) is 6.84. The number of hydrogen-bond donors (Lipinski definition) is 2. The number of hydrogen-bond acceptors (Lipinski definition) is 4. The van der Waals surface area contributed by atoms with E-state index in [0.29, 0.717) is 11.7 Å². The molecule has 6 heteroatoms. The zero-order valence-corrected chi connectivity index (χ0v) is 12.4. The van der Waals surface area contributed by atoms with Gasteiger partial charge < -0.3 is 5.32 Å². The number of sulfonamides is 1. The summed E-state index contributed by atoms with van der Waals surface area (Å²) in [6.07, 6.45) is 5.99. The lowest BCUT2D eigenvalue weighted by Gasteiger charge is -2.19. The van der Waals surface area contributed by atoms with E-state index in [4.69, 9.17) is 0 Å². The van der Waals surface area contributed by atoms with Crippen LogP contribution < -0.4 is 10.0 Å². The molecule has 1 rings (SSSR count). The fraction of sp³-hybridized carbons (Fsp3) is 1.00. The second-order valence-electron chi connectivity index (χ2n) is 4.46. The molecule has 0 saturated heterocycles. The normalized spacial score (nSPS) is 25.3. The molecule has 0 aromatic heterocycles. The third-order valence-corrected chi connectivity index (χ3v) is 5.76. The van der Waals surface area contributed by atoms with Gasteiger partial charge in [-0.3, -0.25) is 0 Å². The first-order valence-electron chi connectivity index (χ1n) is 6.32. The lowest BCUT2D eigenvalue weighted by Crippen LogP contribution is -2.40. The van der Waals surface area contributed by atoms with Crippen molar-refractivity contribution in [3.63, 3.8) is 0 Å². The van der Waals surface area contributed by atoms with Crippen molar-refractivity contribution < 1.29 is 8.42 Å². The highest BCUT2D eigenvalue weighted by Gasteiger charge is 2.29. The molecule has 1 aliphatic rings. The molecule has 2 unspecified atom stereocenters. The van der Waals surface area contributed by atoms with Gasteiger partial charge >= 0.3 is 0 Å². The molecule has 0 radical (unpaired) electrons. The van der Waals surface area contributed by atoms with Crippen molar-refractivity contribution >= 4 is 21.8 Å². The van der Waals surface area contributed by atoms with E-state index in [0.717, 1.165) is 32.4 Å². The molecule has 0 bridgehead atoms. The fourth-order valence-corrected chi connectivity index (χ4v) is 4.60. The van der Waals surface area contributed by atoms with Crippen LogP contribution >= 0.6 is 11.8 Å². The van der Waals surface area contributed by atoms with E-state index < -0.39 is 10.0 Å². The van der Waals surface area contributed by atoms with Gasteiger partial charge in [0.25, 0.3) is 0 Å². The standard InChI is InChI=1S/C11H24N2O2S2/c1-3-12-8-5-9-17(14,15)13-10-6-4-7-11(10)16-2/h10-13H,3-9H2,1-2H3. The van der Waals surface area contributed by atoms with Crippen molar-refractivity contribution in [1.29, 1.82) is 0 Å². The molecule has 1 saturated carbocycles. The first-order chi connectivity index (χ1) is 8.09. The van der Waals surface area contributed by atoms with Gasteiger partial charge in [0.15, 0.2) is 0 Å². The SMILES string of the molecule is CCNCCCS(=O)(=O)NC1CCCC1SC. The van der Waals surface area contributed by atoms with Crippen LogP contribution in [0.2, 0.25) is 0 Å². The molecule has 0 aliphatic heterocycles. The van der Waals surface area contributed by atoms with Gasteiger partial charge in [0.05, 0.1) is 5.75 Å². The third kappa shape index (κ3) is 5.59. The number of rotatable bonds is 8. The Morgan fingerprint density at radius 1 is 1.35 bits per heavy atom. The summed E-state index contributed by atoms with van der Waals surface area (Å²) in [4.78, 5) is 0. The van der Waals surface area contributed by atoms with Gasteiger partial charge in [-0.1, -0.05) is 13.3 Å². The van der Waals surface area contributed by atoms with Crippen molar-refractivity contribution in [3.05, 3.63) is 0 Å². The van der Waals surface area contributed by atoms with Crippen LogP contribution in [0.4, 0.5) is 0 Å². The largest absolute Gasteiger partial charge is 0.317 e. The van der Waals surface area contributed by atoms with Crippen LogP contribution in [0, 0.1) is 0 Å². The van der Waals surface area contributed by atoms with Gasteiger partial charge in [0.2, 0.25) is 10.0 Å². The second-order valence-corrected chi connectivity index (χ2v) is 7.41. The van der Waals surface area contributed by atoms with E-state index in [1.165, 1.54) is 0 Å². The van der Waals surface area contributed by atoms with E-state index in [9.17, 15) is 8.42 Å². The van der Waals surface area contributed by atoms with Gasteiger partial charge in [-0.15, -0.1) is 0 Å². The maximum absolute atomic E-state index is 11.9. The molecule has 2 atom stereocenters. The van der Waals surface area contributed by atoms with Gasteiger partial charge in [0.1, 0.15) is 0 Å². The first kappa shape index (κ1) is 15.3. The molecule has 0 aromatic carbocycles. The Balaban J connectivity index is 2.33. The predicted molar refractivity (Wildman–Crippen MR) is 75.0 cm³/mol. The van der Waals surface area contributed by atoms with Crippen LogP contribution in [-0.2, 0) is 10.0 Å². The van der Waals surface area contributed by atoms with Gasteiger partial charge in [-0.05, 0) is 38.6 Å². The molecule has 0 spiro atoms. The van der Waals surface area contributed by atoms with Crippen LogP contribution in [0.5, 0.6) is 0 Å². The van der Waals surface area contributed by atoms with Crippen LogP contribution in [0.25, 0.3) is 0 Å². The minimum atomic E-state index is -3.09. The quantitative estimate of drug-likeness (QED) is 0.656. The van der Waals surface area contributed by atoms with Crippen molar-refractivity contribution in [3.8, 4) is 0 Å². The van der Waals surface area contributed by atoms with E-state index in [2.05, 4.69) is 16.3 Å². The maximum atomic E-state index is 11.9. The van der Waals surface area contributed by atoms with Crippen LogP contribution in [0.3, 0.4) is 0 Å². The Bertz CT molecular complexity index is 307. The summed E-state index contributed by atoms with van der Waals surface area (Å²) < 4.78 is 26.6. The molecule has 0 amide bonds. The van der Waals surface area contributed by atoms with E-state index in [1.54, 1.807) is 11.8 Å². The topological polar surface area (TPSA) is 58.2 Å². The fourth-order valence-electron chi connectivity index (χ4n) is 2.20. The Morgan fingerprint density at radius 2 is 2.12 bits per heavy atom. The molecular formula is C11H24N2O2S2. The highest BCUT2D eigenvalue weighted by molar-refractivity contribution is 7.99. The summed E-state index contributed by atoms with van der Waals surface area (Å²) in [6.45, 7) is 3.69. The Morgan fingerprint density at radius 3 is 2.76 bits per heavy atom. The molecule has 102 valence electrons. The van der Waals surface area contributed by atoms with Gasteiger partial charge in [-0.2, -0.15) is 11.8 Å². The van der Waals surface area contributed by atoms with E-state index in [-0.39, 0.29) is 11.8 Å². The molecular weight excluding hydrogens is 256 g/mol. The highest BCUT2D eigenvalue weighted by atomic mass is 32.2. The molecule has 0 aromatic rings. The summed E-state index contributed by atoms with van der Waals surface area (Å²) in [5.41, 5.74) is 0. The monoisotopic (exact) mass is 280 g/mol. The minimum Gasteiger partial charge on any atom is -0.317 e. The zero-order valence-electron chi connectivity index (χ0n) is 10.7. The number of nitrogens with one attached hydrogen (secondary N) is 2. The van der Waals surface area contributed by atoms with Crippen molar-refractivity contribution in [1.82, 2.24) is 10.0 Å². The van der Waals surface area contributed by atoms with Crippen molar-refractivity contribution in [2.75, 3.05) is 25.1 Å². The summed E-state index contributed by atoms with van der Waals surface area (Å²) in [5.74, 6) is 0.234. The first-order valence-corrected chi connectivity index (χ1v) is 9.26. The molecule has 1 fully saturated rings. The van der Waals surface area contributed by atoms with Crippen LogP contribution in [0.1, 0.15) is 32.6 Å². The average Bonchev–Trinajstić information content (AvgIpc) is 2.71. The smallest absolute Gasteiger partial charge is 0.211 e. The maximum Gasteiger partial charge on any atom is 0.211 e. The zero-order chi connectivity index (χ0) is 12.7. The molecule has 2 N–H and O–H groups in total. The summed E-state index contributed by atoms with van der Waals surface area (Å²) >= 11 is 1.77. The summed E-state index contributed by atoms with van der Waals surface area (Å²) in [5, 5.41) is 3.60. The second kappa shape index (κ2) is 7.61. The van der Waals surface area contributed by atoms with Crippen molar-refractivity contribution in [2.24, 2.45) is 0 Å². The van der Waals surface area contributed by atoms with E-state index >= 15 is 0 Å². The average molecular weight is 280 g/mol. The number of thioether (sulfide) groups is 1. The third-order valence-electron chi connectivity index (χ3n) is 3.10.